The second-order valence-electron chi connectivity index (χ2n) is 7.87. The number of carbonyl (C=O) groups excluding carboxylic acids is 2. The van der Waals surface area contributed by atoms with Crippen molar-refractivity contribution in [2.75, 3.05) is 31.8 Å². The van der Waals surface area contributed by atoms with Gasteiger partial charge in [-0.3, -0.25) is 9.48 Å². The highest BCUT2D eigenvalue weighted by Gasteiger charge is 2.26. The van der Waals surface area contributed by atoms with Gasteiger partial charge >= 0.3 is 5.97 Å². The van der Waals surface area contributed by atoms with Crippen LogP contribution in [0.15, 0.2) is 28.7 Å². The van der Waals surface area contributed by atoms with Crippen molar-refractivity contribution in [3.05, 3.63) is 61.7 Å². The number of hydrogen-bond donors (Lipinski definition) is 2. The van der Waals surface area contributed by atoms with Crippen LogP contribution in [0.3, 0.4) is 0 Å². The monoisotopic (exact) mass is 563 g/mol. The van der Waals surface area contributed by atoms with Crippen LogP contribution in [0.1, 0.15) is 42.5 Å². The normalized spacial score (nSPS) is 10.7. The molecule has 0 saturated heterocycles. The van der Waals surface area contributed by atoms with Crippen LogP contribution < -0.4 is 10.6 Å². The maximum atomic E-state index is 12.6. The molecule has 11 heteroatoms. The number of nitrogens with one attached hydrogen (secondary N) is 2. The maximum absolute atomic E-state index is 12.6. The molecule has 180 valence electrons. The van der Waals surface area contributed by atoms with Crippen LogP contribution in [0.2, 0.25) is 0 Å². The fourth-order valence-electron chi connectivity index (χ4n) is 3.37. The molecule has 0 saturated carbocycles. The molecule has 0 radical (unpaired) electrons. The summed E-state index contributed by atoms with van der Waals surface area (Å²) in [5.74, 6) is -0.724. The summed E-state index contributed by atoms with van der Waals surface area (Å²) in [6.45, 7) is 6.31. The minimum atomic E-state index is -0.532. The van der Waals surface area contributed by atoms with Gasteiger partial charge in [-0.25, -0.2) is 4.79 Å². The Morgan fingerprint density at radius 3 is 2.53 bits per heavy atom. The zero-order chi connectivity index (χ0) is 25.2. The molecule has 8 nitrogen and oxygen atoms in total. The molecule has 0 aliphatic heterocycles. The number of ether oxygens (including phenoxy) is 1. The van der Waals surface area contributed by atoms with Gasteiger partial charge in [-0.2, -0.15) is 5.10 Å². The zero-order valence-electron chi connectivity index (χ0n) is 19.8. The van der Waals surface area contributed by atoms with E-state index in [-0.39, 0.29) is 5.91 Å². The number of thiophene rings is 1. The van der Waals surface area contributed by atoms with Crippen LogP contribution in [-0.2, 0) is 11.3 Å². The number of thiocarbonyl (C=S) groups is 1. The molecule has 0 unspecified atom stereocenters. The quantitative estimate of drug-likeness (QED) is 0.323. The minimum absolute atomic E-state index is 0.192. The van der Waals surface area contributed by atoms with Crippen molar-refractivity contribution < 1.29 is 14.3 Å². The first kappa shape index (κ1) is 25.9. The van der Waals surface area contributed by atoms with E-state index in [1.165, 1.54) is 23.3 Å². The molecule has 3 aromatic rings. The first-order valence-electron chi connectivity index (χ1n) is 10.3. The third kappa shape index (κ3) is 5.48. The number of amides is 1. The molecule has 3 rings (SSSR count). The Kier molecular flexibility index (Phi) is 8.11. The van der Waals surface area contributed by atoms with Gasteiger partial charge in [-0.05, 0) is 72.2 Å². The van der Waals surface area contributed by atoms with Crippen LogP contribution in [-0.4, -0.2) is 52.9 Å². The number of halogens is 1. The van der Waals surface area contributed by atoms with E-state index in [1.54, 1.807) is 21.0 Å². The fourth-order valence-corrected chi connectivity index (χ4v) is 5.16. The van der Waals surface area contributed by atoms with E-state index in [0.717, 1.165) is 27.1 Å². The molecule has 0 bridgehead atoms. The number of aromatic nitrogens is 2. The van der Waals surface area contributed by atoms with Crippen molar-refractivity contribution in [2.45, 2.75) is 27.3 Å². The van der Waals surface area contributed by atoms with Gasteiger partial charge in [-0.15, -0.1) is 11.3 Å². The Hall–Kier alpha value is -2.76. The van der Waals surface area contributed by atoms with Crippen molar-refractivity contribution in [1.29, 1.82) is 0 Å². The number of aryl methyl sites for hydroxylation is 1. The summed E-state index contributed by atoms with van der Waals surface area (Å²) < 4.78 is 7.88. The van der Waals surface area contributed by atoms with Gasteiger partial charge in [0.05, 0.1) is 40.0 Å². The van der Waals surface area contributed by atoms with Crippen LogP contribution in [0.5, 0.6) is 0 Å². The zero-order valence-corrected chi connectivity index (χ0v) is 23.0. The standard InChI is InChI=1S/C23H26BrN5O3S2/c1-12-17(22(31)32-6)20(34-19(12)21(30)28(4)5)26-23(33)25-16-9-7-8-15(10-16)11-29-14(3)18(24)13(2)27-29/h7-10H,11H2,1-6H3,(H2,25,26,33). The third-order valence-electron chi connectivity index (χ3n) is 5.17. The maximum Gasteiger partial charge on any atom is 0.341 e. The van der Waals surface area contributed by atoms with E-state index in [2.05, 4.69) is 31.7 Å². The molecule has 0 aliphatic carbocycles. The predicted molar refractivity (Wildman–Crippen MR) is 143 cm³/mol. The first-order valence-corrected chi connectivity index (χ1v) is 12.3. The summed E-state index contributed by atoms with van der Waals surface area (Å²) in [7, 11) is 4.63. The van der Waals surface area contributed by atoms with Crippen LogP contribution in [0.4, 0.5) is 10.7 Å². The number of benzene rings is 1. The number of nitrogens with zero attached hydrogens (tertiary/aromatic N) is 3. The van der Waals surface area contributed by atoms with Crippen molar-refractivity contribution in [3.8, 4) is 0 Å². The van der Waals surface area contributed by atoms with Crippen molar-refractivity contribution in [2.24, 2.45) is 0 Å². The average Bonchev–Trinajstić information content (AvgIpc) is 3.23. The van der Waals surface area contributed by atoms with Gasteiger partial charge in [0.15, 0.2) is 5.11 Å². The summed E-state index contributed by atoms with van der Waals surface area (Å²) >= 11 is 10.2. The van der Waals surface area contributed by atoms with Gasteiger partial charge < -0.3 is 20.3 Å². The molecule has 1 aromatic carbocycles. The minimum Gasteiger partial charge on any atom is -0.465 e. The number of carbonyl (C=O) groups is 2. The molecular formula is C23H26BrN5O3S2. The van der Waals surface area contributed by atoms with Crippen LogP contribution in [0, 0.1) is 20.8 Å². The largest absolute Gasteiger partial charge is 0.465 e. The van der Waals surface area contributed by atoms with Gasteiger partial charge in [0, 0.05) is 19.8 Å². The molecule has 34 heavy (non-hydrogen) atoms. The Morgan fingerprint density at radius 2 is 1.94 bits per heavy atom. The summed E-state index contributed by atoms with van der Waals surface area (Å²) in [6, 6.07) is 7.84. The number of esters is 1. The lowest BCUT2D eigenvalue weighted by atomic mass is 10.1. The molecule has 2 heterocycles. The fraction of sp³-hybridized carbons (Fsp3) is 0.304. The smallest absolute Gasteiger partial charge is 0.341 e. The van der Waals surface area contributed by atoms with E-state index >= 15 is 0 Å². The molecule has 0 fully saturated rings. The SMILES string of the molecule is COC(=O)c1c(NC(=S)Nc2cccc(Cn3nc(C)c(Br)c3C)c2)sc(C(=O)N(C)C)c1C. The Bertz CT molecular complexity index is 1270. The average molecular weight is 565 g/mol. The lowest BCUT2D eigenvalue weighted by Crippen LogP contribution is -2.21. The Morgan fingerprint density at radius 1 is 1.24 bits per heavy atom. The molecule has 0 spiro atoms. The summed E-state index contributed by atoms with van der Waals surface area (Å²) in [5.41, 5.74) is 4.68. The van der Waals surface area contributed by atoms with E-state index in [4.69, 9.17) is 17.0 Å². The lowest BCUT2D eigenvalue weighted by molar-refractivity contribution is 0.0601. The second-order valence-corrected chi connectivity index (χ2v) is 10.1. The van der Waals surface area contributed by atoms with Gasteiger partial charge in [0.2, 0.25) is 0 Å². The summed E-state index contributed by atoms with van der Waals surface area (Å²) in [6.07, 6.45) is 0. The molecule has 2 N–H and O–H groups in total. The number of methoxy groups -OCH3 is 1. The van der Waals surface area contributed by atoms with E-state index < -0.39 is 5.97 Å². The van der Waals surface area contributed by atoms with Gasteiger partial charge in [-0.1, -0.05) is 12.1 Å². The van der Waals surface area contributed by atoms with E-state index in [1.807, 2.05) is 42.8 Å². The van der Waals surface area contributed by atoms with Crippen molar-refractivity contribution in [1.82, 2.24) is 14.7 Å². The van der Waals surface area contributed by atoms with E-state index in [0.29, 0.717) is 32.7 Å². The third-order valence-corrected chi connectivity index (χ3v) is 7.72. The lowest BCUT2D eigenvalue weighted by Gasteiger charge is -2.12. The predicted octanol–water partition coefficient (Wildman–Crippen LogP) is 4.98. The highest BCUT2D eigenvalue weighted by atomic mass is 79.9. The second kappa shape index (κ2) is 10.7. The Balaban J connectivity index is 1.80. The van der Waals surface area contributed by atoms with Crippen molar-refractivity contribution in [3.63, 3.8) is 0 Å². The van der Waals surface area contributed by atoms with E-state index in [9.17, 15) is 9.59 Å². The summed E-state index contributed by atoms with van der Waals surface area (Å²) in [5, 5.41) is 11.5. The molecule has 0 atom stereocenters. The number of hydrogen-bond acceptors (Lipinski definition) is 6. The van der Waals surface area contributed by atoms with Crippen LogP contribution >= 0.6 is 39.5 Å². The van der Waals surface area contributed by atoms with Gasteiger partial charge in [0.25, 0.3) is 5.91 Å². The highest BCUT2D eigenvalue weighted by molar-refractivity contribution is 9.10. The molecule has 1 amide bonds. The number of anilines is 2. The van der Waals surface area contributed by atoms with Gasteiger partial charge in [0.1, 0.15) is 5.00 Å². The molecule has 2 aromatic heterocycles. The molecule has 0 aliphatic rings. The topological polar surface area (TPSA) is 88.5 Å². The van der Waals surface area contributed by atoms with Crippen LogP contribution in [0.25, 0.3) is 0 Å². The number of rotatable bonds is 6. The summed E-state index contributed by atoms with van der Waals surface area (Å²) in [4.78, 5) is 26.9. The Labute approximate surface area is 216 Å². The molecular weight excluding hydrogens is 538 g/mol. The highest BCUT2D eigenvalue weighted by Crippen LogP contribution is 2.34. The van der Waals surface area contributed by atoms with Crippen molar-refractivity contribution >= 4 is 67.2 Å². The first-order chi connectivity index (χ1) is 16.0.